The average molecular weight is 499 g/mol. The first kappa shape index (κ1) is 17.0. The summed E-state index contributed by atoms with van der Waals surface area (Å²) in [5, 5.41) is 4.63. The third-order valence-corrected chi connectivity index (χ3v) is 4.67. The number of imide groups is 1. The lowest BCUT2D eigenvalue weighted by atomic mass is 10.2. The fourth-order valence-electron chi connectivity index (χ4n) is 2.11. The fourth-order valence-corrected chi connectivity index (χ4v) is 3.07. The van der Waals surface area contributed by atoms with Gasteiger partial charge in [-0.1, -0.05) is 34.1 Å². The van der Waals surface area contributed by atoms with E-state index in [1.165, 1.54) is 0 Å². The number of nitrogens with one attached hydrogen (secondary N) is 2. The van der Waals surface area contributed by atoms with Crippen molar-refractivity contribution in [1.29, 1.82) is 0 Å². The summed E-state index contributed by atoms with van der Waals surface area (Å²) in [4.78, 5) is 22.6. The number of halogens is 2. The molecular formula is C17H12BrIN2O3. The van der Waals surface area contributed by atoms with E-state index in [1.54, 1.807) is 6.08 Å². The molecule has 2 aromatic rings. The number of rotatable bonds is 4. The summed E-state index contributed by atoms with van der Waals surface area (Å²) in [7, 11) is 0. The van der Waals surface area contributed by atoms with Gasteiger partial charge in [0.25, 0.3) is 5.91 Å². The van der Waals surface area contributed by atoms with Gasteiger partial charge in [0.05, 0.1) is 3.57 Å². The molecule has 0 aliphatic carbocycles. The second kappa shape index (κ2) is 7.35. The van der Waals surface area contributed by atoms with Gasteiger partial charge in [0.2, 0.25) is 0 Å². The molecule has 0 atom stereocenters. The predicted octanol–water partition coefficient (Wildman–Crippen LogP) is 3.81. The molecule has 2 N–H and O–H groups in total. The summed E-state index contributed by atoms with van der Waals surface area (Å²) in [6.45, 7) is 0.474. The molecule has 3 rings (SSSR count). The van der Waals surface area contributed by atoms with Crippen molar-refractivity contribution in [3.05, 3.63) is 67.3 Å². The Morgan fingerprint density at radius 1 is 1.08 bits per heavy atom. The van der Waals surface area contributed by atoms with Gasteiger partial charge in [0.15, 0.2) is 0 Å². The highest BCUT2D eigenvalue weighted by molar-refractivity contribution is 14.1. The third-order valence-electron chi connectivity index (χ3n) is 3.29. The summed E-state index contributed by atoms with van der Waals surface area (Å²) in [6, 6.07) is 13.0. The van der Waals surface area contributed by atoms with Crippen LogP contribution in [0, 0.1) is 3.57 Å². The lowest BCUT2D eigenvalue weighted by Gasteiger charge is -2.09. The van der Waals surface area contributed by atoms with E-state index in [1.807, 2.05) is 42.5 Å². The Kier molecular flexibility index (Phi) is 5.20. The number of amides is 3. The van der Waals surface area contributed by atoms with Crippen LogP contribution in [0.3, 0.4) is 0 Å². The van der Waals surface area contributed by atoms with Crippen molar-refractivity contribution < 1.29 is 14.3 Å². The molecule has 0 radical (unpaired) electrons. The van der Waals surface area contributed by atoms with Crippen molar-refractivity contribution in [3.63, 3.8) is 0 Å². The lowest BCUT2D eigenvalue weighted by molar-refractivity contribution is -0.115. The molecule has 1 aliphatic heterocycles. The van der Waals surface area contributed by atoms with Crippen molar-refractivity contribution in [1.82, 2.24) is 10.6 Å². The van der Waals surface area contributed by atoms with Gasteiger partial charge in [-0.2, -0.15) is 0 Å². The molecule has 1 saturated heterocycles. The van der Waals surface area contributed by atoms with Crippen LogP contribution < -0.4 is 15.4 Å². The molecular weight excluding hydrogens is 487 g/mol. The number of carbonyl (C=O) groups is 2. The Bertz CT molecular complexity index is 834. The maximum absolute atomic E-state index is 11.5. The zero-order valence-electron chi connectivity index (χ0n) is 12.3. The second-order valence-corrected chi connectivity index (χ2v) is 7.15. The monoisotopic (exact) mass is 498 g/mol. The van der Waals surface area contributed by atoms with Crippen LogP contribution in [0.2, 0.25) is 0 Å². The van der Waals surface area contributed by atoms with E-state index >= 15 is 0 Å². The summed E-state index contributed by atoms with van der Waals surface area (Å²) in [5.41, 5.74) is 2.12. The van der Waals surface area contributed by atoms with Crippen LogP contribution in [0.4, 0.5) is 4.79 Å². The molecule has 122 valence electrons. The minimum atomic E-state index is -0.504. The van der Waals surface area contributed by atoms with Crippen LogP contribution in [0.25, 0.3) is 6.08 Å². The van der Waals surface area contributed by atoms with Crippen LogP contribution in [0.5, 0.6) is 5.75 Å². The first-order valence-corrected chi connectivity index (χ1v) is 8.89. The Balaban J connectivity index is 1.70. The van der Waals surface area contributed by atoms with Crippen molar-refractivity contribution in [2.75, 3.05) is 0 Å². The van der Waals surface area contributed by atoms with E-state index in [4.69, 9.17) is 4.74 Å². The molecule has 1 fully saturated rings. The average Bonchev–Trinajstić information content (AvgIpc) is 2.86. The number of hydrogen-bond donors (Lipinski definition) is 2. The molecule has 0 unspecified atom stereocenters. The summed E-state index contributed by atoms with van der Waals surface area (Å²) in [5.74, 6) is 0.339. The molecule has 0 saturated carbocycles. The minimum Gasteiger partial charge on any atom is -0.488 e. The highest BCUT2D eigenvalue weighted by atomic mass is 127. The number of urea groups is 1. The van der Waals surface area contributed by atoms with Crippen molar-refractivity contribution in [3.8, 4) is 5.75 Å². The fraction of sp³-hybridized carbons (Fsp3) is 0.0588. The zero-order chi connectivity index (χ0) is 17.1. The van der Waals surface area contributed by atoms with E-state index in [0.717, 1.165) is 24.9 Å². The molecule has 5 nitrogen and oxygen atoms in total. The summed E-state index contributed by atoms with van der Waals surface area (Å²) >= 11 is 5.58. The number of carbonyl (C=O) groups excluding carboxylic acids is 2. The van der Waals surface area contributed by atoms with Crippen molar-refractivity contribution in [2.24, 2.45) is 0 Å². The molecule has 1 aliphatic rings. The van der Waals surface area contributed by atoms with Crippen molar-refractivity contribution >= 4 is 56.5 Å². The number of hydrogen-bond acceptors (Lipinski definition) is 3. The molecule has 1 heterocycles. The molecule has 2 aromatic carbocycles. The van der Waals surface area contributed by atoms with E-state index in [0.29, 0.717) is 6.61 Å². The Morgan fingerprint density at radius 3 is 2.46 bits per heavy atom. The first-order valence-electron chi connectivity index (χ1n) is 7.02. The van der Waals surface area contributed by atoms with Gasteiger partial charge in [-0.15, -0.1) is 0 Å². The topological polar surface area (TPSA) is 67.4 Å². The van der Waals surface area contributed by atoms with Gasteiger partial charge in [-0.25, -0.2) is 4.79 Å². The molecule has 24 heavy (non-hydrogen) atoms. The first-order chi connectivity index (χ1) is 11.5. The van der Waals surface area contributed by atoms with E-state index in [2.05, 4.69) is 49.2 Å². The van der Waals surface area contributed by atoms with Gasteiger partial charge in [0.1, 0.15) is 18.1 Å². The quantitative estimate of drug-likeness (QED) is 0.382. The van der Waals surface area contributed by atoms with Crippen LogP contribution in [-0.2, 0) is 11.4 Å². The minimum absolute atomic E-state index is 0.235. The SMILES string of the molecule is O=C1NC(=O)C(=Cc2ccc(OCc3ccc(Br)cc3)c(I)c2)N1. The third kappa shape index (κ3) is 4.15. The van der Waals surface area contributed by atoms with Gasteiger partial charge < -0.3 is 10.1 Å². The summed E-state index contributed by atoms with van der Waals surface area (Å²) in [6.07, 6.45) is 1.63. The standard InChI is InChI=1S/C17H12BrIN2O3/c18-12-4-1-10(2-5-12)9-24-15-6-3-11(7-13(15)19)8-14-16(22)21-17(23)20-14/h1-8H,9H2,(H2,20,21,22,23). The van der Waals surface area contributed by atoms with Crippen LogP contribution in [-0.4, -0.2) is 11.9 Å². The molecule has 3 amide bonds. The predicted molar refractivity (Wildman–Crippen MR) is 102 cm³/mol. The van der Waals surface area contributed by atoms with Crippen LogP contribution >= 0.6 is 38.5 Å². The zero-order valence-corrected chi connectivity index (χ0v) is 16.1. The smallest absolute Gasteiger partial charge is 0.326 e. The molecule has 0 aromatic heterocycles. The highest BCUT2D eigenvalue weighted by Gasteiger charge is 2.22. The normalized spacial score (nSPS) is 15.3. The van der Waals surface area contributed by atoms with Gasteiger partial charge in [-0.3, -0.25) is 10.1 Å². The van der Waals surface area contributed by atoms with Gasteiger partial charge >= 0.3 is 6.03 Å². The molecule has 7 heteroatoms. The summed E-state index contributed by atoms with van der Waals surface area (Å²) < 4.78 is 7.78. The Hall–Kier alpha value is -1.87. The molecule has 0 spiro atoms. The van der Waals surface area contributed by atoms with Gasteiger partial charge in [0, 0.05) is 4.47 Å². The van der Waals surface area contributed by atoms with Crippen LogP contribution in [0.15, 0.2) is 52.6 Å². The van der Waals surface area contributed by atoms with Crippen molar-refractivity contribution in [2.45, 2.75) is 6.61 Å². The Morgan fingerprint density at radius 2 is 1.83 bits per heavy atom. The molecule has 0 bridgehead atoms. The van der Waals surface area contributed by atoms with E-state index < -0.39 is 11.9 Å². The van der Waals surface area contributed by atoms with E-state index in [9.17, 15) is 9.59 Å². The van der Waals surface area contributed by atoms with Gasteiger partial charge in [-0.05, 0) is 64.1 Å². The maximum atomic E-state index is 11.5. The Labute approximate surface area is 160 Å². The maximum Gasteiger partial charge on any atom is 0.326 e. The van der Waals surface area contributed by atoms with Crippen LogP contribution in [0.1, 0.15) is 11.1 Å². The highest BCUT2D eigenvalue weighted by Crippen LogP contribution is 2.24. The lowest BCUT2D eigenvalue weighted by Crippen LogP contribution is -2.22. The largest absolute Gasteiger partial charge is 0.488 e. The second-order valence-electron chi connectivity index (χ2n) is 5.07. The number of benzene rings is 2. The van der Waals surface area contributed by atoms with E-state index in [-0.39, 0.29) is 5.70 Å². The number of ether oxygens (including phenoxy) is 1.